The Bertz CT molecular complexity index is 150. The Balaban J connectivity index is 3.64. The van der Waals surface area contributed by atoms with Gasteiger partial charge in [-0.15, -0.1) is 0 Å². The molecule has 78 valence electrons. The van der Waals surface area contributed by atoms with Gasteiger partial charge in [0, 0.05) is 6.61 Å². The van der Waals surface area contributed by atoms with Crippen LogP contribution in [0.2, 0.25) is 0 Å². The van der Waals surface area contributed by atoms with Gasteiger partial charge in [0.1, 0.15) is 12.1 Å². The van der Waals surface area contributed by atoms with Crippen molar-refractivity contribution in [1.82, 2.24) is 5.32 Å². The van der Waals surface area contributed by atoms with E-state index in [0.29, 0.717) is 13.2 Å². The lowest BCUT2D eigenvalue weighted by Gasteiger charge is -2.15. The van der Waals surface area contributed by atoms with Crippen LogP contribution in [-0.2, 0) is 14.3 Å². The molecule has 0 saturated carbocycles. The molecule has 1 N–H and O–H groups in total. The zero-order chi connectivity index (χ0) is 10.3. The zero-order valence-corrected chi connectivity index (χ0v) is 8.79. The highest BCUT2D eigenvalue weighted by molar-refractivity contribution is 5.75. The van der Waals surface area contributed by atoms with E-state index in [4.69, 9.17) is 9.47 Å². The van der Waals surface area contributed by atoms with Gasteiger partial charge in [0.15, 0.2) is 0 Å². The molecule has 0 heterocycles. The Morgan fingerprint density at radius 2 is 2.08 bits per heavy atom. The van der Waals surface area contributed by atoms with Crippen LogP contribution in [0.4, 0.5) is 0 Å². The molecular weight excluding hydrogens is 170 g/mol. The van der Waals surface area contributed by atoms with Crippen molar-refractivity contribution < 1.29 is 14.3 Å². The molecule has 13 heavy (non-hydrogen) atoms. The Labute approximate surface area is 79.6 Å². The van der Waals surface area contributed by atoms with Gasteiger partial charge < -0.3 is 14.8 Å². The molecule has 0 rings (SSSR count). The van der Waals surface area contributed by atoms with E-state index in [2.05, 4.69) is 5.32 Å². The number of hydrogen-bond donors (Lipinski definition) is 1. The number of carbonyl (C=O) groups is 1. The number of esters is 1. The lowest BCUT2D eigenvalue weighted by Crippen LogP contribution is -2.35. The van der Waals surface area contributed by atoms with Crippen molar-refractivity contribution in [3.05, 3.63) is 0 Å². The predicted octanol–water partition coefficient (Wildman–Crippen LogP) is 0.562. The van der Waals surface area contributed by atoms with Gasteiger partial charge in [0.2, 0.25) is 0 Å². The van der Waals surface area contributed by atoms with Gasteiger partial charge in [-0.1, -0.05) is 0 Å². The molecule has 2 unspecified atom stereocenters. The topological polar surface area (TPSA) is 47.6 Å². The first kappa shape index (κ1) is 12.4. The molecule has 0 fully saturated rings. The van der Waals surface area contributed by atoms with E-state index < -0.39 is 0 Å². The maximum Gasteiger partial charge on any atom is 0.323 e. The second kappa shape index (κ2) is 6.86. The van der Waals surface area contributed by atoms with Crippen LogP contribution in [0, 0.1) is 0 Å². The maximum atomic E-state index is 11.2. The monoisotopic (exact) mass is 189 g/mol. The summed E-state index contributed by atoms with van der Waals surface area (Å²) in [4.78, 5) is 11.2. The number of rotatable bonds is 6. The van der Waals surface area contributed by atoms with Crippen molar-refractivity contribution in [3.63, 3.8) is 0 Å². The summed E-state index contributed by atoms with van der Waals surface area (Å²) in [6, 6.07) is -0.260. The molecule has 0 aromatic heterocycles. The molecule has 0 amide bonds. The van der Waals surface area contributed by atoms with Gasteiger partial charge in [0.25, 0.3) is 0 Å². The number of carbonyl (C=O) groups excluding carboxylic acids is 1. The fourth-order valence-electron chi connectivity index (χ4n) is 0.736. The fraction of sp³-hybridized carbons (Fsp3) is 0.889. The molecule has 0 aromatic carbocycles. The van der Waals surface area contributed by atoms with Crippen LogP contribution >= 0.6 is 0 Å². The first-order chi connectivity index (χ1) is 6.11. The maximum absolute atomic E-state index is 11.2. The van der Waals surface area contributed by atoms with Gasteiger partial charge in [-0.2, -0.15) is 0 Å². The smallest absolute Gasteiger partial charge is 0.323 e. The van der Waals surface area contributed by atoms with Gasteiger partial charge in [-0.25, -0.2) is 0 Å². The summed E-state index contributed by atoms with van der Waals surface area (Å²) in [6.45, 7) is 6.58. The zero-order valence-electron chi connectivity index (χ0n) is 8.79. The van der Waals surface area contributed by atoms with E-state index >= 15 is 0 Å². The lowest BCUT2D eigenvalue weighted by molar-refractivity contribution is -0.152. The van der Waals surface area contributed by atoms with E-state index in [1.165, 1.54) is 0 Å². The number of nitrogens with one attached hydrogen (secondary N) is 1. The van der Waals surface area contributed by atoms with Crippen LogP contribution in [0.5, 0.6) is 0 Å². The third-order valence-corrected chi connectivity index (χ3v) is 1.66. The molecule has 0 bridgehead atoms. The van der Waals surface area contributed by atoms with Crippen molar-refractivity contribution in [2.24, 2.45) is 0 Å². The van der Waals surface area contributed by atoms with E-state index in [1.807, 2.05) is 13.8 Å². The summed E-state index contributed by atoms with van der Waals surface area (Å²) in [6.07, 6.45) is -0.178. The number of hydrogen-bond acceptors (Lipinski definition) is 4. The minimum absolute atomic E-state index is 0.178. The predicted molar refractivity (Wildman–Crippen MR) is 50.6 cm³/mol. The van der Waals surface area contributed by atoms with E-state index in [-0.39, 0.29) is 18.1 Å². The third-order valence-electron chi connectivity index (χ3n) is 1.66. The highest BCUT2D eigenvalue weighted by atomic mass is 16.6. The van der Waals surface area contributed by atoms with Crippen LogP contribution in [0.15, 0.2) is 0 Å². The Kier molecular flexibility index (Phi) is 6.54. The van der Waals surface area contributed by atoms with Crippen molar-refractivity contribution in [1.29, 1.82) is 0 Å². The molecule has 0 aliphatic heterocycles. The fourth-order valence-corrected chi connectivity index (χ4v) is 0.736. The van der Waals surface area contributed by atoms with Crippen LogP contribution in [0.1, 0.15) is 20.8 Å². The second-order valence-corrected chi connectivity index (χ2v) is 2.92. The summed E-state index contributed by atoms with van der Waals surface area (Å²) in [5.74, 6) is -0.241. The first-order valence-corrected chi connectivity index (χ1v) is 4.57. The normalized spacial score (nSPS) is 15.1. The van der Waals surface area contributed by atoms with Crippen molar-refractivity contribution >= 4 is 5.97 Å². The van der Waals surface area contributed by atoms with Crippen LogP contribution < -0.4 is 5.32 Å². The third kappa shape index (κ3) is 5.60. The van der Waals surface area contributed by atoms with E-state index in [9.17, 15) is 4.79 Å². The van der Waals surface area contributed by atoms with E-state index in [1.54, 1.807) is 14.0 Å². The molecule has 0 aliphatic rings. The molecule has 0 saturated heterocycles. The lowest BCUT2D eigenvalue weighted by atomic mass is 10.3. The number of likely N-dealkylation sites (N-methyl/N-ethyl adjacent to an activating group) is 1. The Morgan fingerprint density at radius 1 is 1.46 bits per heavy atom. The summed E-state index contributed by atoms with van der Waals surface area (Å²) in [5.41, 5.74) is 0. The van der Waals surface area contributed by atoms with Crippen molar-refractivity contribution in [3.8, 4) is 0 Å². The average Bonchev–Trinajstić information content (AvgIpc) is 2.13. The van der Waals surface area contributed by atoms with Crippen molar-refractivity contribution in [2.45, 2.75) is 32.9 Å². The summed E-state index contributed by atoms with van der Waals surface area (Å²) in [7, 11) is 1.72. The summed E-state index contributed by atoms with van der Waals surface area (Å²) < 4.78 is 10.2. The van der Waals surface area contributed by atoms with Crippen LogP contribution in [0.3, 0.4) is 0 Å². The standard InChI is InChI=1S/C9H19NO3/c1-5-12-6-7(2)13-9(11)8(3)10-4/h7-8,10H,5-6H2,1-4H3. The molecule has 0 radical (unpaired) electrons. The molecule has 4 nitrogen and oxygen atoms in total. The molecule has 2 atom stereocenters. The van der Waals surface area contributed by atoms with Gasteiger partial charge in [0.05, 0.1) is 6.61 Å². The van der Waals surface area contributed by atoms with Crippen LogP contribution in [-0.4, -0.2) is 38.4 Å². The Hall–Kier alpha value is -0.610. The summed E-state index contributed by atoms with van der Waals surface area (Å²) in [5, 5.41) is 2.81. The highest BCUT2D eigenvalue weighted by Gasteiger charge is 2.14. The molecule has 4 heteroatoms. The van der Waals surface area contributed by atoms with Crippen LogP contribution in [0.25, 0.3) is 0 Å². The quantitative estimate of drug-likeness (QED) is 0.620. The highest BCUT2D eigenvalue weighted by Crippen LogP contribution is 1.95. The molecule has 0 aromatic rings. The minimum Gasteiger partial charge on any atom is -0.459 e. The SMILES string of the molecule is CCOCC(C)OC(=O)C(C)NC. The van der Waals surface area contributed by atoms with Gasteiger partial charge in [-0.3, -0.25) is 4.79 Å². The average molecular weight is 189 g/mol. The Morgan fingerprint density at radius 3 is 2.54 bits per heavy atom. The van der Waals surface area contributed by atoms with Gasteiger partial charge >= 0.3 is 5.97 Å². The molecular formula is C9H19NO3. The second-order valence-electron chi connectivity index (χ2n) is 2.92. The molecule has 0 aliphatic carbocycles. The van der Waals surface area contributed by atoms with Gasteiger partial charge in [-0.05, 0) is 27.8 Å². The summed E-state index contributed by atoms with van der Waals surface area (Å²) >= 11 is 0. The van der Waals surface area contributed by atoms with E-state index in [0.717, 1.165) is 0 Å². The minimum atomic E-state index is -0.260. The first-order valence-electron chi connectivity index (χ1n) is 4.57. The largest absolute Gasteiger partial charge is 0.459 e. The number of ether oxygens (including phenoxy) is 2. The molecule has 0 spiro atoms. The van der Waals surface area contributed by atoms with Crippen molar-refractivity contribution in [2.75, 3.05) is 20.3 Å².